The fourth-order valence-corrected chi connectivity index (χ4v) is 7.05. The van der Waals surface area contributed by atoms with E-state index in [0.29, 0.717) is 38.3 Å². The SMILES string of the molecule is [C-]#[N+]c1sccc1-c1c(-c2cccc(-c3cc(C(=O)O)[nH]n3)c2)n(S(=O)(=O)c2ccc(C)cc2)c2ccc(F)cc12. The second kappa shape index (κ2) is 9.85. The Kier molecular flexibility index (Phi) is 6.29. The van der Waals surface area contributed by atoms with Crippen molar-refractivity contribution in [3.63, 3.8) is 0 Å². The van der Waals surface area contributed by atoms with Gasteiger partial charge in [0, 0.05) is 27.6 Å². The molecule has 202 valence electrons. The van der Waals surface area contributed by atoms with Gasteiger partial charge in [-0.15, -0.1) is 0 Å². The number of H-pyrrole nitrogens is 1. The molecule has 0 unspecified atom stereocenters. The van der Waals surface area contributed by atoms with Gasteiger partial charge < -0.3 is 5.11 Å². The van der Waals surface area contributed by atoms with Crippen molar-refractivity contribution in [2.45, 2.75) is 11.8 Å². The Morgan fingerprint density at radius 1 is 1.05 bits per heavy atom. The predicted molar refractivity (Wildman–Crippen MR) is 155 cm³/mol. The first kappa shape index (κ1) is 26.2. The van der Waals surface area contributed by atoms with Crippen LogP contribution in [0.2, 0.25) is 0 Å². The Morgan fingerprint density at radius 3 is 2.51 bits per heavy atom. The van der Waals surface area contributed by atoms with Gasteiger partial charge >= 0.3 is 5.97 Å². The Hall–Kier alpha value is -5.05. The Morgan fingerprint density at radius 2 is 1.80 bits per heavy atom. The van der Waals surface area contributed by atoms with Crippen molar-refractivity contribution >= 4 is 43.2 Å². The summed E-state index contributed by atoms with van der Waals surface area (Å²) in [7, 11) is -4.23. The number of benzene rings is 3. The van der Waals surface area contributed by atoms with Gasteiger partial charge in [-0.05, 0) is 54.8 Å². The number of aromatic amines is 1. The predicted octanol–water partition coefficient (Wildman–Crippen LogP) is 7.36. The Bertz CT molecular complexity index is 2140. The molecule has 6 aromatic rings. The molecule has 11 heteroatoms. The zero-order chi connectivity index (χ0) is 28.9. The third kappa shape index (κ3) is 4.39. The van der Waals surface area contributed by atoms with Crippen molar-refractivity contribution in [2.24, 2.45) is 0 Å². The van der Waals surface area contributed by atoms with E-state index < -0.39 is 21.8 Å². The number of carboxylic acids is 1. The van der Waals surface area contributed by atoms with Crippen LogP contribution < -0.4 is 0 Å². The first-order valence-electron chi connectivity index (χ1n) is 12.2. The van der Waals surface area contributed by atoms with Crippen LogP contribution in [-0.2, 0) is 10.0 Å². The van der Waals surface area contributed by atoms with Crippen LogP contribution in [0.1, 0.15) is 16.1 Å². The van der Waals surface area contributed by atoms with Crippen LogP contribution in [-0.4, -0.2) is 33.7 Å². The first-order valence-corrected chi connectivity index (χ1v) is 14.5. The summed E-state index contributed by atoms with van der Waals surface area (Å²) in [4.78, 5) is 15.1. The second-order valence-electron chi connectivity index (χ2n) is 9.27. The number of rotatable bonds is 6. The molecule has 0 aliphatic rings. The zero-order valence-electron chi connectivity index (χ0n) is 21.3. The fraction of sp³-hybridized carbons (Fsp3) is 0.0333. The topological polar surface area (TPSA) is 109 Å². The standard InChI is InChI=1S/C30H19FN4O4S2/c1-17-6-9-21(10-7-17)41(38,39)35-26-11-8-20(31)15-23(26)27(22-12-13-40-29(22)32-2)28(35)19-5-3-4-18(14-19)24-16-25(30(36)37)34-33-24/h3-16H,1H3,(H,33,34)(H,36,37). The van der Waals surface area contributed by atoms with Gasteiger partial charge in [-0.25, -0.2) is 26.4 Å². The molecule has 0 amide bonds. The van der Waals surface area contributed by atoms with E-state index in [2.05, 4.69) is 15.0 Å². The summed E-state index contributed by atoms with van der Waals surface area (Å²) in [5, 5.41) is 18.3. The summed E-state index contributed by atoms with van der Waals surface area (Å²) in [6, 6.07) is 20.3. The maximum absolute atomic E-state index is 14.7. The van der Waals surface area contributed by atoms with E-state index in [1.807, 2.05) is 6.92 Å². The fourth-order valence-electron chi connectivity index (χ4n) is 4.82. The van der Waals surface area contributed by atoms with Gasteiger partial charge in [-0.3, -0.25) is 5.10 Å². The molecule has 3 aromatic carbocycles. The smallest absolute Gasteiger partial charge is 0.353 e. The molecule has 0 bridgehead atoms. The lowest BCUT2D eigenvalue weighted by molar-refractivity contribution is 0.0690. The minimum absolute atomic E-state index is 0.0439. The molecule has 0 aliphatic carbocycles. The molecule has 2 N–H and O–H groups in total. The van der Waals surface area contributed by atoms with Crippen LogP contribution >= 0.6 is 11.3 Å². The average Bonchev–Trinajstić information content (AvgIpc) is 3.70. The van der Waals surface area contributed by atoms with Gasteiger partial charge in [0.05, 0.1) is 28.4 Å². The van der Waals surface area contributed by atoms with E-state index in [4.69, 9.17) is 6.57 Å². The molecule has 0 aliphatic heterocycles. The summed E-state index contributed by atoms with van der Waals surface area (Å²) in [5.74, 6) is -1.72. The number of halogens is 1. The summed E-state index contributed by atoms with van der Waals surface area (Å²) in [5.41, 5.74) is 3.48. The molecule has 0 saturated heterocycles. The van der Waals surface area contributed by atoms with E-state index >= 15 is 0 Å². The Balaban J connectivity index is 1.73. The minimum Gasteiger partial charge on any atom is -0.477 e. The summed E-state index contributed by atoms with van der Waals surface area (Å²) < 4.78 is 44.6. The molecular weight excluding hydrogens is 563 g/mol. The molecule has 3 aromatic heterocycles. The molecule has 0 fully saturated rings. The number of carbonyl (C=O) groups is 1. The summed E-state index contributed by atoms with van der Waals surface area (Å²) in [6.45, 7) is 9.57. The van der Waals surface area contributed by atoms with Crippen LogP contribution in [0.5, 0.6) is 0 Å². The van der Waals surface area contributed by atoms with Crippen LogP contribution in [0.25, 0.3) is 49.4 Å². The number of nitrogens with zero attached hydrogens (tertiary/aromatic N) is 3. The van der Waals surface area contributed by atoms with Crippen molar-refractivity contribution in [3.05, 3.63) is 113 Å². The van der Waals surface area contributed by atoms with Crippen molar-refractivity contribution in [3.8, 4) is 33.6 Å². The largest absolute Gasteiger partial charge is 0.477 e. The van der Waals surface area contributed by atoms with E-state index in [9.17, 15) is 22.7 Å². The van der Waals surface area contributed by atoms with Crippen LogP contribution in [0.4, 0.5) is 9.39 Å². The van der Waals surface area contributed by atoms with Gasteiger partial charge in [-0.1, -0.05) is 42.0 Å². The number of fused-ring (bicyclic) bond motifs is 1. The highest BCUT2D eigenvalue weighted by atomic mass is 32.2. The number of hydrogen-bond donors (Lipinski definition) is 2. The van der Waals surface area contributed by atoms with Gasteiger partial charge in [0.25, 0.3) is 10.0 Å². The molecule has 0 radical (unpaired) electrons. The molecule has 3 heterocycles. The number of aromatic carboxylic acids is 1. The van der Waals surface area contributed by atoms with Crippen LogP contribution in [0.15, 0.2) is 89.1 Å². The highest BCUT2D eigenvalue weighted by Gasteiger charge is 2.30. The minimum atomic E-state index is -4.23. The lowest BCUT2D eigenvalue weighted by Gasteiger charge is -2.15. The number of nitrogens with one attached hydrogen (secondary N) is 1. The number of thiophene rings is 1. The maximum Gasteiger partial charge on any atom is 0.353 e. The van der Waals surface area contributed by atoms with Crippen molar-refractivity contribution in [1.82, 2.24) is 14.2 Å². The third-order valence-electron chi connectivity index (χ3n) is 6.70. The Labute approximate surface area is 237 Å². The number of carboxylic acid groups (broad SMARTS) is 1. The molecule has 0 atom stereocenters. The van der Waals surface area contributed by atoms with Gasteiger partial charge in [0.2, 0.25) is 5.00 Å². The van der Waals surface area contributed by atoms with E-state index in [1.54, 1.807) is 47.8 Å². The molecule has 41 heavy (non-hydrogen) atoms. The second-order valence-corrected chi connectivity index (χ2v) is 12.0. The van der Waals surface area contributed by atoms with Crippen molar-refractivity contribution < 1.29 is 22.7 Å². The molecule has 0 saturated carbocycles. The summed E-state index contributed by atoms with van der Waals surface area (Å²) in [6.07, 6.45) is 0. The van der Waals surface area contributed by atoms with Crippen LogP contribution in [0, 0.1) is 19.3 Å². The first-order chi connectivity index (χ1) is 19.7. The summed E-state index contributed by atoms with van der Waals surface area (Å²) >= 11 is 1.20. The number of aromatic nitrogens is 3. The highest BCUT2D eigenvalue weighted by Crippen LogP contribution is 2.48. The van der Waals surface area contributed by atoms with Crippen LogP contribution in [0.3, 0.4) is 0 Å². The van der Waals surface area contributed by atoms with Crippen molar-refractivity contribution in [2.75, 3.05) is 0 Å². The van der Waals surface area contributed by atoms with E-state index in [1.165, 1.54) is 51.7 Å². The maximum atomic E-state index is 14.7. The highest BCUT2D eigenvalue weighted by molar-refractivity contribution is 7.90. The zero-order valence-corrected chi connectivity index (χ0v) is 22.9. The lowest BCUT2D eigenvalue weighted by atomic mass is 9.98. The number of hydrogen-bond acceptors (Lipinski definition) is 5. The monoisotopic (exact) mass is 582 g/mol. The normalized spacial score (nSPS) is 11.5. The van der Waals surface area contributed by atoms with Crippen molar-refractivity contribution in [1.29, 1.82) is 0 Å². The third-order valence-corrected chi connectivity index (χ3v) is 9.24. The van der Waals surface area contributed by atoms with Gasteiger partial charge in [0.15, 0.2) is 0 Å². The van der Waals surface area contributed by atoms with Gasteiger partial charge in [0.1, 0.15) is 11.5 Å². The van der Waals surface area contributed by atoms with Gasteiger partial charge in [-0.2, -0.15) is 16.4 Å². The molecule has 6 rings (SSSR count). The average molecular weight is 583 g/mol. The van der Waals surface area contributed by atoms with E-state index in [-0.39, 0.29) is 21.8 Å². The molecular formula is C30H19FN4O4S2. The number of aryl methyl sites for hydroxylation is 1. The van der Waals surface area contributed by atoms with E-state index in [0.717, 1.165) is 5.56 Å². The molecule has 0 spiro atoms. The lowest BCUT2D eigenvalue weighted by Crippen LogP contribution is -2.14. The molecule has 8 nitrogen and oxygen atoms in total. The quantitative estimate of drug-likeness (QED) is 0.200.